The van der Waals surface area contributed by atoms with Gasteiger partial charge in [-0.2, -0.15) is 0 Å². The monoisotopic (exact) mass is 392 g/mol. The molecule has 0 aliphatic carbocycles. The van der Waals surface area contributed by atoms with Crippen LogP contribution >= 0.6 is 0 Å². The van der Waals surface area contributed by atoms with Crippen LogP contribution in [0.2, 0.25) is 0 Å². The molecule has 0 spiro atoms. The fraction of sp³-hybridized carbons (Fsp3) is 0.318. The molecule has 1 aliphatic rings. The number of nitrogens with zero attached hydrogens (tertiary/aromatic N) is 3. The minimum Gasteiger partial charge on any atom is -0.495 e. The number of hydrogen-bond donors (Lipinski definition) is 1. The van der Waals surface area contributed by atoms with Crippen molar-refractivity contribution >= 4 is 23.0 Å². The van der Waals surface area contributed by atoms with Crippen LogP contribution < -0.4 is 10.1 Å². The standard InChI is InChI=1S/C22H24N4O3/c1-15-9-10-18(29-2)16(14-15)23-21(27)20-24-19(17-8-4-7-13-26(17)20)22(28)25-11-5-3-6-12-25/h4,7-10,13-14H,3,5-6,11-12H2,1-2H3,(H,23,27). The highest BCUT2D eigenvalue weighted by molar-refractivity contribution is 6.06. The van der Waals surface area contributed by atoms with E-state index in [0.29, 0.717) is 22.6 Å². The second kappa shape index (κ2) is 7.95. The summed E-state index contributed by atoms with van der Waals surface area (Å²) in [5.74, 6) is 0.215. The number of carbonyl (C=O) groups is 2. The second-order valence-electron chi connectivity index (χ2n) is 7.25. The number of nitrogens with one attached hydrogen (secondary N) is 1. The molecule has 1 saturated heterocycles. The summed E-state index contributed by atoms with van der Waals surface area (Å²) < 4.78 is 7.01. The van der Waals surface area contributed by atoms with Crippen LogP contribution in [0.5, 0.6) is 5.75 Å². The molecule has 1 fully saturated rings. The molecule has 0 bridgehead atoms. The Kier molecular flexibility index (Phi) is 5.20. The molecule has 1 N–H and O–H groups in total. The van der Waals surface area contributed by atoms with Gasteiger partial charge in [-0.1, -0.05) is 12.1 Å². The molecule has 0 saturated carbocycles. The highest BCUT2D eigenvalue weighted by Crippen LogP contribution is 2.26. The molecular formula is C22H24N4O3. The maximum Gasteiger partial charge on any atom is 0.292 e. The Bertz CT molecular complexity index is 1070. The van der Waals surface area contributed by atoms with Gasteiger partial charge in [-0.3, -0.25) is 14.0 Å². The number of amides is 2. The van der Waals surface area contributed by atoms with Gasteiger partial charge in [0, 0.05) is 19.3 Å². The van der Waals surface area contributed by atoms with E-state index in [1.54, 1.807) is 23.8 Å². The van der Waals surface area contributed by atoms with E-state index in [-0.39, 0.29) is 11.7 Å². The van der Waals surface area contributed by atoms with Gasteiger partial charge in [-0.05, 0) is 56.0 Å². The number of aryl methyl sites for hydroxylation is 1. The van der Waals surface area contributed by atoms with E-state index in [9.17, 15) is 9.59 Å². The normalized spacial score (nSPS) is 14.1. The molecule has 0 unspecified atom stereocenters. The van der Waals surface area contributed by atoms with Crippen molar-refractivity contribution in [2.75, 3.05) is 25.5 Å². The summed E-state index contributed by atoms with van der Waals surface area (Å²) in [4.78, 5) is 32.4. The zero-order chi connectivity index (χ0) is 20.4. The average Bonchev–Trinajstić information content (AvgIpc) is 3.14. The molecule has 7 heteroatoms. The van der Waals surface area contributed by atoms with E-state index in [0.717, 1.165) is 37.9 Å². The fourth-order valence-electron chi connectivity index (χ4n) is 3.70. The molecule has 7 nitrogen and oxygen atoms in total. The SMILES string of the molecule is COc1ccc(C)cc1NC(=O)c1nc(C(=O)N2CCCCC2)c2ccccn12. The topological polar surface area (TPSA) is 75.9 Å². The predicted octanol–water partition coefficient (Wildman–Crippen LogP) is 3.53. The molecule has 2 aromatic heterocycles. The zero-order valence-corrected chi connectivity index (χ0v) is 16.6. The molecule has 3 aromatic rings. The van der Waals surface area contributed by atoms with Gasteiger partial charge in [0.2, 0.25) is 5.82 Å². The van der Waals surface area contributed by atoms with Crippen LogP contribution in [-0.4, -0.2) is 46.3 Å². The minimum absolute atomic E-state index is 0.124. The molecule has 150 valence electrons. The Morgan fingerprint density at radius 2 is 1.90 bits per heavy atom. The van der Waals surface area contributed by atoms with Crippen molar-refractivity contribution in [3.8, 4) is 5.75 Å². The van der Waals surface area contributed by atoms with Crippen LogP contribution in [0.1, 0.15) is 45.9 Å². The fourth-order valence-corrected chi connectivity index (χ4v) is 3.70. The maximum absolute atomic E-state index is 13.1. The molecular weight excluding hydrogens is 368 g/mol. The van der Waals surface area contributed by atoms with Gasteiger partial charge in [-0.15, -0.1) is 0 Å². The smallest absolute Gasteiger partial charge is 0.292 e. The second-order valence-corrected chi connectivity index (χ2v) is 7.25. The van der Waals surface area contributed by atoms with Crippen LogP contribution in [0.25, 0.3) is 5.52 Å². The highest BCUT2D eigenvalue weighted by Gasteiger charge is 2.26. The van der Waals surface area contributed by atoms with Crippen molar-refractivity contribution in [2.45, 2.75) is 26.2 Å². The number of fused-ring (bicyclic) bond motifs is 1. The number of ether oxygens (including phenoxy) is 1. The molecule has 1 aromatic carbocycles. The first kappa shape index (κ1) is 19.0. The Hall–Kier alpha value is -3.35. The van der Waals surface area contributed by atoms with E-state index in [4.69, 9.17) is 4.74 Å². The summed E-state index contributed by atoms with van der Waals surface area (Å²) in [6.45, 7) is 3.40. The largest absolute Gasteiger partial charge is 0.495 e. The quantitative estimate of drug-likeness (QED) is 0.737. The molecule has 29 heavy (non-hydrogen) atoms. The van der Waals surface area contributed by atoms with Gasteiger partial charge in [0.25, 0.3) is 11.8 Å². The summed E-state index contributed by atoms with van der Waals surface area (Å²) >= 11 is 0. The van der Waals surface area contributed by atoms with E-state index < -0.39 is 5.91 Å². The summed E-state index contributed by atoms with van der Waals surface area (Å²) in [5.41, 5.74) is 2.50. The van der Waals surface area contributed by atoms with E-state index in [1.807, 2.05) is 42.2 Å². The number of hydrogen-bond acceptors (Lipinski definition) is 4. The first-order chi connectivity index (χ1) is 14.1. The Morgan fingerprint density at radius 1 is 1.10 bits per heavy atom. The first-order valence-corrected chi connectivity index (χ1v) is 9.81. The Balaban J connectivity index is 1.70. The lowest BCUT2D eigenvalue weighted by Gasteiger charge is -2.25. The molecule has 1 aliphatic heterocycles. The van der Waals surface area contributed by atoms with Crippen molar-refractivity contribution < 1.29 is 14.3 Å². The van der Waals surface area contributed by atoms with Gasteiger partial charge in [-0.25, -0.2) is 4.98 Å². The number of likely N-dealkylation sites (tertiary alicyclic amines) is 1. The first-order valence-electron chi connectivity index (χ1n) is 9.81. The van der Waals surface area contributed by atoms with Gasteiger partial charge < -0.3 is 15.0 Å². The van der Waals surface area contributed by atoms with Crippen molar-refractivity contribution in [1.29, 1.82) is 0 Å². The third-order valence-electron chi connectivity index (χ3n) is 5.20. The maximum atomic E-state index is 13.1. The summed E-state index contributed by atoms with van der Waals surface area (Å²) in [6, 6.07) is 11.0. The van der Waals surface area contributed by atoms with Crippen molar-refractivity contribution in [1.82, 2.24) is 14.3 Å². The minimum atomic E-state index is -0.396. The number of piperidine rings is 1. The van der Waals surface area contributed by atoms with Gasteiger partial charge in [0.15, 0.2) is 5.69 Å². The van der Waals surface area contributed by atoms with Gasteiger partial charge in [0.05, 0.1) is 18.3 Å². The zero-order valence-electron chi connectivity index (χ0n) is 16.6. The lowest BCUT2D eigenvalue weighted by Crippen LogP contribution is -2.36. The van der Waals surface area contributed by atoms with Crippen molar-refractivity contribution in [2.24, 2.45) is 0 Å². The highest BCUT2D eigenvalue weighted by atomic mass is 16.5. The third kappa shape index (κ3) is 3.68. The average molecular weight is 392 g/mol. The third-order valence-corrected chi connectivity index (χ3v) is 5.20. The van der Waals surface area contributed by atoms with Crippen LogP contribution in [0.4, 0.5) is 5.69 Å². The van der Waals surface area contributed by atoms with Gasteiger partial charge >= 0.3 is 0 Å². The summed E-state index contributed by atoms with van der Waals surface area (Å²) in [7, 11) is 1.56. The van der Waals surface area contributed by atoms with Crippen LogP contribution in [-0.2, 0) is 0 Å². The number of imidazole rings is 1. The Morgan fingerprint density at radius 3 is 2.66 bits per heavy atom. The number of methoxy groups -OCH3 is 1. The van der Waals surface area contributed by atoms with Crippen LogP contribution in [0.15, 0.2) is 42.6 Å². The van der Waals surface area contributed by atoms with Crippen molar-refractivity contribution in [3.63, 3.8) is 0 Å². The van der Waals surface area contributed by atoms with Crippen molar-refractivity contribution in [3.05, 3.63) is 59.7 Å². The lowest BCUT2D eigenvalue weighted by atomic mass is 10.1. The van der Waals surface area contributed by atoms with E-state index in [1.165, 1.54) is 0 Å². The number of carbonyl (C=O) groups excluding carboxylic acids is 2. The lowest BCUT2D eigenvalue weighted by molar-refractivity contribution is 0.0721. The van der Waals surface area contributed by atoms with E-state index >= 15 is 0 Å². The number of benzene rings is 1. The molecule has 3 heterocycles. The molecule has 0 radical (unpaired) electrons. The molecule has 4 rings (SSSR count). The number of aromatic nitrogens is 2. The summed E-state index contributed by atoms with van der Waals surface area (Å²) in [6.07, 6.45) is 4.88. The van der Waals surface area contributed by atoms with E-state index in [2.05, 4.69) is 10.3 Å². The van der Waals surface area contributed by atoms with Gasteiger partial charge in [0.1, 0.15) is 5.75 Å². The van der Waals surface area contributed by atoms with Crippen LogP contribution in [0.3, 0.4) is 0 Å². The summed E-state index contributed by atoms with van der Waals surface area (Å²) in [5, 5.41) is 2.87. The number of pyridine rings is 1. The Labute approximate surface area is 169 Å². The predicted molar refractivity (Wildman–Crippen MR) is 111 cm³/mol. The number of rotatable bonds is 4. The molecule has 0 atom stereocenters. The number of anilines is 1. The molecule has 2 amide bonds. The van der Waals surface area contributed by atoms with Crippen LogP contribution in [0, 0.1) is 6.92 Å².